The third-order valence-corrected chi connectivity index (χ3v) is 2.27. The number of thioether (sulfide) groups is 1. The fourth-order valence-corrected chi connectivity index (χ4v) is 1.48. The minimum atomic E-state index is 0.0970. The SMILES string of the molecule is Cc1ccc(O)c(SCCO)n1. The highest BCUT2D eigenvalue weighted by Gasteiger charge is 2.02. The van der Waals surface area contributed by atoms with Gasteiger partial charge in [-0.05, 0) is 19.1 Å². The number of aliphatic hydroxyl groups is 1. The average Bonchev–Trinajstić information content (AvgIpc) is 2.07. The predicted molar refractivity (Wildman–Crippen MR) is 48.4 cm³/mol. The molecule has 2 N–H and O–H groups in total. The predicted octanol–water partition coefficient (Wildman–Crippen LogP) is 1.18. The van der Waals surface area contributed by atoms with Crippen molar-refractivity contribution in [2.75, 3.05) is 12.4 Å². The molecule has 0 aliphatic rings. The second-order valence-corrected chi connectivity index (χ2v) is 3.43. The molecule has 0 saturated heterocycles. The smallest absolute Gasteiger partial charge is 0.147 e. The highest BCUT2D eigenvalue weighted by Crippen LogP contribution is 2.25. The van der Waals surface area contributed by atoms with Crippen LogP contribution < -0.4 is 0 Å². The fourth-order valence-electron chi connectivity index (χ4n) is 0.774. The molecule has 0 aliphatic heterocycles. The van der Waals surface area contributed by atoms with E-state index in [0.29, 0.717) is 10.8 Å². The van der Waals surface area contributed by atoms with Crippen LogP contribution in [0.25, 0.3) is 0 Å². The van der Waals surface area contributed by atoms with Crippen molar-refractivity contribution in [3.63, 3.8) is 0 Å². The molecule has 0 unspecified atom stereocenters. The molecule has 0 fully saturated rings. The Bertz CT molecular complexity index is 265. The van der Waals surface area contributed by atoms with Gasteiger partial charge in [-0.15, -0.1) is 11.8 Å². The van der Waals surface area contributed by atoms with Gasteiger partial charge in [-0.25, -0.2) is 4.98 Å². The first-order chi connectivity index (χ1) is 5.74. The van der Waals surface area contributed by atoms with Crippen LogP contribution in [0.15, 0.2) is 17.2 Å². The fraction of sp³-hybridized carbons (Fsp3) is 0.375. The van der Waals surface area contributed by atoms with E-state index in [2.05, 4.69) is 4.98 Å². The Morgan fingerprint density at radius 2 is 2.25 bits per heavy atom. The zero-order chi connectivity index (χ0) is 8.97. The number of rotatable bonds is 3. The van der Waals surface area contributed by atoms with Gasteiger partial charge in [0.25, 0.3) is 0 Å². The third-order valence-electron chi connectivity index (χ3n) is 1.31. The number of aliphatic hydroxyl groups excluding tert-OH is 1. The van der Waals surface area contributed by atoms with Gasteiger partial charge in [-0.2, -0.15) is 0 Å². The maximum Gasteiger partial charge on any atom is 0.147 e. The molecule has 3 nitrogen and oxygen atoms in total. The zero-order valence-corrected chi connectivity index (χ0v) is 7.64. The first-order valence-corrected chi connectivity index (χ1v) is 4.63. The van der Waals surface area contributed by atoms with Crippen LogP contribution in [0.1, 0.15) is 5.69 Å². The van der Waals surface area contributed by atoms with Crippen molar-refractivity contribution < 1.29 is 10.2 Å². The van der Waals surface area contributed by atoms with E-state index < -0.39 is 0 Å². The number of hydrogen-bond donors (Lipinski definition) is 2. The van der Waals surface area contributed by atoms with Crippen molar-refractivity contribution in [2.45, 2.75) is 11.9 Å². The summed E-state index contributed by atoms with van der Waals surface area (Å²) in [5.74, 6) is 0.739. The molecule has 1 aromatic heterocycles. The Labute approximate surface area is 75.5 Å². The van der Waals surface area contributed by atoms with Gasteiger partial charge < -0.3 is 10.2 Å². The summed E-state index contributed by atoms with van der Waals surface area (Å²) in [4.78, 5) is 4.11. The first kappa shape index (κ1) is 9.35. The molecule has 0 saturated carbocycles. The number of pyridine rings is 1. The Hall–Kier alpha value is -0.740. The molecule has 4 heteroatoms. The lowest BCUT2D eigenvalue weighted by Crippen LogP contribution is -1.89. The largest absolute Gasteiger partial charge is 0.505 e. The normalized spacial score (nSPS) is 10.2. The summed E-state index contributed by atoms with van der Waals surface area (Å²) in [5, 5.41) is 18.4. The Morgan fingerprint density at radius 1 is 1.50 bits per heavy atom. The van der Waals surface area contributed by atoms with Crippen molar-refractivity contribution in [1.29, 1.82) is 0 Å². The molecule has 0 radical (unpaired) electrons. The topological polar surface area (TPSA) is 53.4 Å². The van der Waals surface area contributed by atoms with Gasteiger partial charge in [0.2, 0.25) is 0 Å². The summed E-state index contributed by atoms with van der Waals surface area (Å²) in [7, 11) is 0. The van der Waals surface area contributed by atoms with E-state index in [1.165, 1.54) is 11.8 Å². The molecule has 0 spiro atoms. The van der Waals surface area contributed by atoms with Crippen LogP contribution in [0, 0.1) is 6.92 Å². The van der Waals surface area contributed by atoms with Crippen molar-refractivity contribution >= 4 is 11.8 Å². The Balaban J connectivity index is 2.75. The molecule has 1 rings (SSSR count). The molecule has 0 bridgehead atoms. The Kier molecular flexibility index (Phi) is 3.37. The summed E-state index contributed by atoms with van der Waals surface area (Å²) < 4.78 is 0. The second-order valence-electron chi connectivity index (χ2n) is 2.35. The van der Waals surface area contributed by atoms with Crippen molar-refractivity contribution in [1.82, 2.24) is 4.98 Å². The number of hydrogen-bond acceptors (Lipinski definition) is 4. The molecule has 0 atom stereocenters. The maximum absolute atomic E-state index is 9.30. The van der Waals surface area contributed by atoms with Crippen LogP contribution >= 0.6 is 11.8 Å². The minimum Gasteiger partial charge on any atom is -0.505 e. The Morgan fingerprint density at radius 3 is 2.92 bits per heavy atom. The van der Waals surface area contributed by atoms with Crippen LogP contribution in [0.2, 0.25) is 0 Å². The monoisotopic (exact) mass is 185 g/mol. The summed E-state index contributed by atoms with van der Waals surface area (Å²) in [6.45, 7) is 1.96. The van der Waals surface area contributed by atoms with Crippen molar-refractivity contribution in [3.05, 3.63) is 17.8 Å². The van der Waals surface area contributed by atoms with E-state index in [9.17, 15) is 5.11 Å². The molecule has 1 aromatic rings. The quantitative estimate of drug-likeness (QED) is 0.694. The number of aromatic hydroxyl groups is 1. The summed E-state index contributed by atoms with van der Waals surface area (Å²) in [6, 6.07) is 3.36. The lowest BCUT2D eigenvalue weighted by atomic mass is 10.4. The number of nitrogens with zero attached hydrogens (tertiary/aromatic N) is 1. The summed E-state index contributed by atoms with van der Waals surface area (Å²) in [6.07, 6.45) is 0. The van der Waals surface area contributed by atoms with Gasteiger partial charge in [0.15, 0.2) is 0 Å². The van der Waals surface area contributed by atoms with Gasteiger partial charge in [0.1, 0.15) is 10.8 Å². The second kappa shape index (κ2) is 4.33. The highest BCUT2D eigenvalue weighted by molar-refractivity contribution is 7.99. The summed E-state index contributed by atoms with van der Waals surface area (Å²) in [5.41, 5.74) is 0.869. The van der Waals surface area contributed by atoms with Gasteiger partial charge in [-0.3, -0.25) is 0 Å². The minimum absolute atomic E-state index is 0.0970. The van der Waals surface area contributed by atoms with Gasteiger partial charge >= 0.3 is 0 Å². The van der Waals surface area contributed by atoms with E-state index in [4.69, 9.17) is 5.11 Å². The lowest BCUT2D eigenvalue weighted by Gasteiger charge is -2.02. The third kappa shape index (κ3) is 2.39. The molecule has 0 amide bonds. The van der Waals surface area contributed by atoms with Gasteiger partial charge in [-0.1, -0.05) is 0 Å². The molecule has 0 aliphatic carbocycles. The molecule has 1 heterocycles. The van der Waals surface area contributed by atoms with Crippen LogP contribution in [0.3, 0.4) is 0 Å². The van der Waals surface area contributed by atoms with E-state index >= 15 is 0 Å². The molecule has 0 aromatic carbocycles. The first-order valence-electron chi connectivity index (χ1n) is 3.64. The van der Waals surface area contributed by atoms with Gasteiger partial charge in [0.05, 0.1) is 6.61 Å². The number of aromatic nitrogens is 1. The van der Waals surface area contributed by atoms with Crippen LogP contribution in [0.5, 0.6) is 5.75 Å². The zero-order valence-electron chi connectivity index (χ0n) is 6.82. The van der Waals surface area contributed by atoms with Crippen LogP contribution in [-0.2, 0) is 0 Å². The van der Waals surface area contributed by atoms with Gasteiger partial charge in [0, 0.05) is 11.4 Å². The van der Waals surface area contributed by atoms with E-state index in [0.717, 1.165) is 5.69 Å². The molecule has 66 valence electrons. The summed E-state index contributed by atoms with van der Waals surface area (Å²) >= 11 is 1.35. The van der Waals surface area contributed by atoms with E-state index in [1.807, 2.05) is 6.92 Å². The van der Waals surface area contributed by atoms with Crippen LogP contribution in [0.4, 0.5) is 0 Å². The highest BCUT2D eigenvalue weighted by atomic mass is 32.2. The van der Waals surface area contributed by atoms with E-state index in [1.54, 1.807) is 12.1 Å². The lowest BCUT2D eigenvalue weighted by molar-refractivity contribution is 0.322. The average molecular weight is 185 g/mol. The molecule has 12 heavy (non-hydrogen) atoms. The van der Waals surface area contributed by atoms with Crippen LogP contribution in [-0.4, -0.2) is 27.6 Å². The maximum atomic E-state index is 9.30. The molecular weight excluding hydrogens is 174 g/mol. The molecular formula is C8H11NO2S. The van der Waals surface area contributed by atoms with Crippen molar-refractivity contribution in [2.24, 2.45) is 0 Å². The number of aryl methyl sites for hydroxylation is 1. The van der Waals surface area contributed by atoms with E-state index in [-0.39, 0.29) is 12.4 Å². The standard InChI is InChI=1S/C8H11NO2S/c1-6-2-3-7(11)8(9-6)12-5-4-10/h2-3,10-11H,4-5H2,1H3. The van der Waals surface area contributed by atoms with Crippen molar-refractivity contribution in [3.8, 4) is 5.75 Å².